The van der Waals surface area contributed by atoms with E-state index in [9.17, 15) is 18.7 Å². The Kier molecular flexibility index (Phi) is 10.0. The number of esters is 1. The average molecular weight is 503 g/mol. The third-order valence-corrected chi connectivity index (χ3v) is 6.56. The van der Waals surface area contributed by atoms with Gasteiger partial charge in [0, 0.05) is 12.8 Å². The maximum Gasteiger partial charge on any atom is 0.306 e. The first-order valence-electron chi connectivity index (χ1n) is 12.7. The number of nitrogens with zero attached hydrogens (tertiary/aromatic N) is 1. The van der Waals surface area contributed by atoms with Crippen molar-refractivity contribution in [3.8, 4) is 5.75 Å². The number of ether oxygens (including phenoxy) is 2. The molecular formula is C29H38F2NO4+. The third-order valence-electron chi connectivity index (χ3n) is 6.56. The predicted molar refractivity (Wildman–Crippen MR) is 137 cm³/mol. The van der Waals surface area contributed by atoms with Gasteiger partial charge in [-0.15, -0.1) is 0 Å². The van der Waals surface area contributed by atoms with Crippen LogP contribution < -0.4 is 4.74 Å². The van der Waals surface area contributed by atoms with Crippen LogP contribution in [0.5, 0.6) is 5.75 Å². The summed E-state index contributed by atoms with van der Waals surface area (Å²) in [6, 6.07) is 11.0. The fourth-order valence-corrected chi connectivity index (χ4v) is 4.73. The summed E-state index contributed by atoms with van der Waals surface area (Å²) in [4.78, 5) is 11.4. The molecule has 0 saturated heterocycles. The lowest BCUT2D eigenvalue weighted by Crippen LogP contribution is -2.48. The van der Waals surface area contributed by atoms with Crippen molar-refractivity contribution < 1.29 is 32.6 Å². The molecule has 0 unspecified atom stereocenters. The molecule has 0 bridgehead atoms. The molecule has 2 aromatic carbocycles. The molecule has 2 aromatic rings. The Bertz CT molecular complexity index is 1030. The summed E-state index contributed by atoms with van der Waals surface area (Å²) in [7, 11) is 4.13. The van der Waals surface area contributed by atoms with Crippen molar-refractivity contribution in [1.29, 1.82) is 0 Å². The van der Waals surface area contributed by atoms with Crippen molar-refractivity contribution in [2.75, 3.05) is 40.4 Å². The number of carbonyl (C=O) groups is 1. The number of hydrogen-bond acceptors (Lipinski definition) is 4. The molecule has 3 rings (SSSR count). The Morgan fingerprint density at radius 1 is 1.19 bits per heavy atom. The van der Waals surface area contributed by atoms with Gasteiger partial charge in [0.1, 0.15) is 19.3 Å². The molecule has 5 nitrogen and oxygen atoms in total. The summed E-state index contributed by atoms with van der Waals surface area (Å²) in [5.41, 5.74) is 3.29. The van der Waals surface area contributed by atoms with Gasteiger partial charge in [-0.1, -0.05) is 36.4 Å². The van der Waals surface area contributed by atoms with Gasteiger partial charge in [-0.25, -0.2) is 4.39 Å². The molecule has 1 atom stereocenters. The predicted octanol–water partition coefficient (Wildman–Crippen LogP) is 4.94. The van der Waals surface area contributed by atoms with Crippen LogP contribution in [0.15, 0.2) is 42.5 Å². The minimum Gasteiger partial charge on any atom is -0.487 e. The SMILES string of the molecule is CCOC(=O)CCC=Cc1cc(F)c(F)c(OC[C@H](O)C[N+](C)(C)CCC2Cc3ccccc3C2)c1. The lowest BCUT2D eigenvalue weighted by atomic mass is 10.0. The van der Waals surface area contributed by atoms with E-state index in [1.54, 1.807) is 19.1 Å². The van der Waals surface area contributed by atoms with Gasteiger partial charge in [-0.05, 0) is 60.9 Å². The topological polar surface area (TPSA) is 55.8 Å². The zero-order chi connectivity index (χ0) is 26.1. The Balaban J connectivity index is 1.47. The number of aliphatic hydroxyl groups excluding tert-OH is 1. The quantitative estimate of drug-likeness (QED) is 0.311. The molecule has 0 amide bonds. The van der Waals surface area contributed by atoms with E-state index in [1.165, 1.54) is 17.2 Å². The normalized spacial score (nSPS) is 14.7. The second-order valence-corrected chi connectivity index (χ2v) is 10.2. The van der Waals surface area contributed by atoms with Crippen LogP contribution in [0.1, 0.15) is 42.9 Å². The highest BCUT2D eigenvalue weighted by Crippen LogP contribution is 2.29. The van der Waals surface area contributed by atoms with E-state index in [0.29, 0.717) is 35.5 Å². The van der Waals surface area contributed by atoms with Crippen LogP contribution in [0.4, 0.5) is 8.78 Å². The smallest absolute Gasteiger partial charge is 0.306 e. The molecule has 196 valence electrons. The Morgan fingerprint density at radius 3 is 2.56 bits per heavy atom. The van der Waals surface area contributed by atoms with Crippen molar-refractivity contribution in [1.82, 2.24) is 0 Å². The molecule has 0 fully saturated rings. The number of quaternary nitrogens is 1. The van der Waals surface area contributed by atoms with Crippen molar-refractivity contribution in [2.24, 2.45) is 5.92 Å². The van der Waals surface area contributed by atoms with E-state index >= 15 is 0 Å². The number of halogens is 2. The van der Waals surface area contributed by atoms with Crippen LogP contribution in [0.2, 0.25) is 0 Å². The number of hydrogen-bond donors (Lipinski definition) is 1. The number of carbonyl (C=O) groups excluding carboxylic acids is 1. The summed E-state index contributed by atoms with van der Waals surface area (Å²) in [6.45, 7) is 3.28. The van der Waals surface area contributed by atoms with Gasteiger partial charge in [0.25, 0.3) is 0 Å². The van der Waals surface area contributed by atoms with Crippen LogP contribution in [-0.4, -0.2) is 62.1 Å². The summed E-state index contributed by atoms with van der Waals surface area (Å²) < 4.78 is 39.3. The van der Waals surface area contributed by atoms with Crippen molar-refractivity contribution >= 4 is 12.0 Å². The van der Waals surface area contributed by atoms with Gasteiger partial charge >= 0.3 is 5.97 Å². The fraction of sp³-hybridized carbons (Fsp3) is 0.483. The molecule has 0 aromatic heterocycles. The van der Waals surface area contributed by atoms with Gasteiger partial charge in [0.15, 0.2) is 11.6 Å². The minimum atomic E-state index is -1.08. The average Bonchev–Trinajstić information content (AvgIpc) is 3.25. The van der Waals surface area contributed by atoms with E-state index in [2.05, 4.69) is 38.4 Å². The molecule has 1 aliphatic carbocycles. The zero-order valence-electron chi connectivity index (χ0n) is 21.5. The molecule has 0 aliphatic heterocycles. The molecule has 0 heterocycles. The van der Waals surface area contributed by atoms with Crippen LogP contribution in [0.3, 0.4) is 0 Å². The number of likely N-dealkylation sites (N-methyl/N-ethyl adjacent to an activating group) is 1. The first kappa shape index (κ1) is 27.8. The van der Waals surface area contributed by atoms with Crippen LogP contribution in [0, 0.1) is 17.6 Å². The number of fused-ring (bicyclic) bond motifs is 1. The van der Waals surface area contributed by atoms with Gasteiger partial charge in [-0.3, -0.25) is 4.79 Å². The van der Waals surface area contributed by atoms with Crippen molar-refractivity contribution in [3.05, 3.63) is 70.8 Å². The molecule has 1 N–H and O–H groups in total. The third kappa shape index (κ3) is 8.42. The summed E-state index contributed by atoms with van der Waals surface area (Å²) in [5.74, 6) is -2.05. The van der Waals surface area contributed by atoms with Crippen molar-refractivity contribution in [2.45, 2.75) is 45.1 Å². The fourth-order valence-electron chi connectivity index (χ4n) is 4.73. The monoisotopic (exact) mass is 502 g/mol. The zero-order valence-corrected chi connectivity index (χ0v) is 21.5. The molecule has 0 saturated carbocycles. The number of allylic oxidation sites excluding steroid dienone is 1. The molecule has 7 heteroatoms. The molecule has 36 heavy (non-hydrogen) atoms. The highest BCUT2D eigenvalue weighted by molar-refractivity contribution is 5.69. The maximum atomic E-state index is 14.3. The van der Waals surface area contributed by atoms with Gasteiger partial charge in [0.05, 0.1) is 27.2 Å². The Hall–Kier alpha value is -2.77. The Labute approximate surface area is 212 Å². The van der Waals surface area contributed by atoms with E-state index < -0.39 is 17.7 Å². The molecule has 1 aliphatic rings. The largest absolute Gasteiger partial charge is 0.487 e. The van der Waals surface area contributed by atoms with Crippen LogP contribution in [0.25, 0.3) is 6.08 Å². The van der Waals surface area contributed by atoms with Gasteiger partial charge in [-0.2, -0.15) is 4.39 Å². The second kappa shape index (κ2) is 13.0. The minimum absolute atomic E-state index is 0.136. The lowest BCUT2D eigenvalue weighted by Gasteiger charge is -2.32. The van der Waals surface area contributed by atoms with Crippen molar-refractivity contribution in [3.63, 3.8) is 0 Å². The first-order valence-corrected chi connectivity index (χ1v) is 12.7. The van der Waals surface area contributed by atoms with E-state index in [0.717, 1.165) is 31.9 Å². The molecule has 0 spiro atoms. The molecular weight excluding hydrogens is 464 g/mol. The van der Waals surface area contributed by atoms with E-state index in [4.69, 9.17) is 9.47 Å². The highest BCUT2D eigenvalue weighted by atomic mass is 19.2. The summed E-state index contributed by atoms with van der Waals surface area (Å²) >= 11 is 0. The molecule has 0 radical (unpaired) electrons. The van der Waals surface area contributed by atoms with Crippen LogP contribution in [-0.2, 0) is 22.4 Å². The number of aliphatic hydroxyl groups is 1. The maximum absolute atomic E-state index is 14.3. The van der Waals surface area contributed by atoms with Crippen LogP contribution >= 0.6 is 0 Å². The Morgan fingerprint density at radius 2 is 1.89 bits per heavy atom. The highest BCUT2D eigenvalue weighted by Gasteiger charge is 2.26. The van der Waals surface area contributed by atoms with Gasteiger partial charge in [0.2, 0.25) is 5.82 Å². The summed E-state index contributed by atoms with van der Waals surface area (Å²) in [5, 5.41) is 10.6. The summed E-state index contributed by atoms with van der Waals surface area (Å²) in [6.07, 6.45) is 6.36. The van der Waals surface area contributed by atoms with E-state index in [-0.39, 0.29) is 24.7 Å². The standard InChI is InChI=1S/C29H38F2NO4/c1-4-35-28(34)12-8-5-9-21-17-26(30)29(31)27(18-21)36-20-25(33)19-32(2,3)14-13-22-15-23-10-6-7-11-24(23)16-22/h5-7,9-11,17-18,22,25,33H,4,8,12-16,19-20H2,1-3H3/q+1/t25-/m1/s1. The second-order valence-electron chi connectivity index (χ2n) is 10.2. The lowest BCUT2D eigenvalue weighted by molar-refractivity contribution is -0.894. The number of rotatable bonds is 13. The van der Waals surface area contributed by atoms with E-state index in [1.807, 2.05) is 0 Å². The van der Waals surface area contributed by atoms with Gasteiger partial charge < -0.3 is 19.1 Å². The first-order chi connectivity index (χ1) is 17.2. The number of benzene rings is 2.